The third-order valence-electron chi connectivity index (χ3n) is 3.79. The van der Waals surface area contributed by atoms with Gasteiger partial charge in [-0.3, -0.25) is 4.99 Å². The fourth-order valence-corrected chi connectivity index (χ4v) is 2.65. The molecule has 0 fully saturated rings. The lowest BCUT2D eigenvalue weighted by Crippen LogP contribution is -2.46. The molecule has 0 amide bonds. The Labute approximate surface area is 120 Å². The molecular weight excluding hydrogens is 277 g/mol. The first-order chi connectivity index (χ1) is 9.92. The van der Waals surface area contributed by atoms with Crippen molar-refractivity contribution in [3.63, 3.8) is 0 Å². The maximum absolute atomic E-state index is 13.8. The molecule has 0 saturated carbocycles. The molecule has 0 aliphatic carbocycles. The van der Waals surface area contributed by atoms with Gasteiger partial charge in [0.25, 0.3) is 0 Å². The van der Waals surface area contributed by atoms with Crippen LogP contribution in [0.1, 0.15) is 11.1 Å². The van der Waals surface area contributed by atoms with Gasteiger partial charge in [-0.05, 0) is 35.7 Å². The van der Waals surface area contributed by atoms with Gasteiger partial charge in [-0.15, -0.1) is 0 Å². The van der Waals surface area contributed by atoms with Crippen LogP contribution in [0.5, 0.6) is 0 Å². The van der Waals surface area contributed by atoms with Gasteiger partial charge in [0, 0.05) is 11.9 Å². The van der Waals surface area contributed by atoms with E-state index in [9.17, 15) is 13.2 Å². The predicted molar refractivity (Wildman–Crippen MR) is 76.9 cm³/mol. The number of fused-ring (bicyclic) bond motifs is 1. The Morgan fingerprint density at radius 1 is 1.05 bits per heavy atom. The summed E-state index contributed by atoms with van der Waals surface area (Å²) in [7, 11) is 0. The molecule has 5 heteroatoms. The summed E-state index contributed by atoms with van der Waals surface area (Å²) >= 11 is 0. The Hall–Kier alpha value is -2.30. The van der Waals surface area contributed by atoms with Gasteiger partial charge < -0.3 is 5.73 Å². The Kier molecular flexibility index (Phi) is 3.01. The van der Waals surface area contributed by atoms with Crippen LogP contribution in [0, 0.1) is 0 Å². The summed E-state index contributed by atoms with van der Waals surface area (Å²) in [6.07, 6.45) is -3.61. The zero-order valence-electron chi connectivity index (χ0n) is 11.1. The molecule has 2 aromatic carbocycles. The topological polar surface area (TPSA) is 38.4 Å². The summed E-state index contributed by atoms with van der Waals surface area (Å²) in [5, 5.41) is 0. The van der Waals surface area contributed by atoms with Crippen molar-refractivity contribution in [3.05, 3.63) is 59.7 Å². The lowest BCUT2D eigenvalue weighted by atomic mass is 9.74. The summed E-state index contributed by atoms with van der Waals surface area (Å²) in [5.41, 5.74) is 5.27. The molecule has 21 heavy (non-hydrogen) atoms. The Bertz CT molecular complexity index is 692. The third-order valence-corrected chi connectivity index (χ3v) is 3.79. The van der Waals surface area contributed by atoms with E-state index in [1.54, 1.807) is 36.4 Å². The molecule has 0 saturated heterocycles. The van der Waals surface area contributed by atoms with Gasteiger partial charge in [0.2, 0.25) is 0 Å². The molecule has 1 aliphatic heterocycles. The van der Waals surface area contributed by atoms with E-state index in [0.29, 0.717) is 16.9 Å². The van der Waals surface area contributed by atoms with E-state index < -0.39 is 11.6 Å². The largest absolute Gasteiger partial charge is 0.403 e. The van der Waals surface area contributed by atoms with Gasteiger partial charge in [0.1, 0.15) is 5.41 Å². The van der Waals surface area contributed by atoms with Crippen molar-refractivity contribution in [1.82, 2.24) is 0 Å². The van der Waals surface area contributed by atoms with Crippen molar-refractivity contribution in [1.29, 1.82) is 0 Å². The molecule has 0 radical (unpaired) electrons. The number of alkyl halides is 3. The van der Waals surface area contributed by atoms with Gasteiger partial charge in [-0.1, -0.05) is 30.3 Å². The number of nitrogens with zero attached hydrogens (tertiary/aromatic N) is 1. The van der Waals surface area contributed by atoms with Crippen molar-refractivity contribution in [3.8, 4) is 0 Å². The van der Waals surface area contributed by atoms with E-state index >= 15 is 0 Å². The van der Waals surface area contributed by atoms with Crippen LogP contribution in [0.4, 0.5) is 24.5 Å². The van der Waals surface area contributed by atoms with E-state index in [1.165, 1.54) is 12.1 Å². The first-order valence-electron chi connectivity index (χ1n) is 6.48. The number of rotatable bonds is 1. The molecule has 1 aliphatic rings. The summed E-state index contributed by atoms with van der Waals surface area (Å²) < 4.78 is 41.3. The number of nitrogen functional groups attached to an aromatic ring is 1. The zero-order chi connectivity index (χ0) is 15.1. The molecular formula is C16H13F3N2. The van der Waals surface area contributed by atoms with Gasteiger partial charge in [0.05, 0.1) is 5.69 Å². The Morgan fingerprint density at radius 3 is 2.43 bits per heavy atom. The van der Waals surface area contributed by atoms with E-state index in [1.807, 2.05) is 0 Å². The molecule has 1 atom stereocenters. The quantitative estimate of drug-likeness (QED) is 0.791. The van der Waals surface area contributed by atoms with Crippen LogP contribution in [0.2, 0.25) is 0 Å². The molecule has 2 N–H and O–H groups in total. The van der Waals surface area contributed by atoms with Crippen molar-refractivity contribution < 1.29 is 13.2 Å². The molecule has 2 nitrogen and oxygen atoms in total. The van der Waals surface area contributed by atoms with Crippen molar-refractivity contribution in [2.24, 2.45) is 4.99 Å². The maximum atomic E-state index is 13.8. The second-order valence-corrected chi connectivity index (χ2v) is 5.16. The summed E-state index contributed by atoms with van der Waals surface area (Å²) in [5.74, 6) is 0. The number of benzene rings is 2. The minimum absolute atomic E-state index is 0.189. The number of anilines is 1. The van der Waals surface area contributed by atoms with Crippen LogP contribution in [-0.4, -0.2) is 12.4 Å². The van der Waals surface area contributed by atoms with E-state index in [0.717, 1.165) is 6.21 Å². The predicted octanol–water partition coefficient (Wildman–Crippen LogP) is 4.03. The van der Waals surface area contributed by atoms with Crippen LogP contribution in [-0.2, 0) is 11.8 Å². The molecule has 3 rings (SSSR count). The monoisotopic (exact) mass is 290 g/mol. The molecule has 0 unspecified atom stereocenters. The van der Waals surface area contributed by atoms with Crippen molar-refractivity contribution in [2.75, 3.05) is 5.73 Å². The van der Waals surface area contributed by atoms with Crippen LogP contribution < -0.4 is 5.73 Å². The summed E-state index contributed by atoms with van der Waals surface area (Å²) in [6, 6.07) is 12.7. The standard InChI is InChI=1S/C16H13F3N2/c17-16(18,19)15(12-4-2-1-3-5-12)9-11-8-13(20)6-7-14(11)21-10-15/h1-8,10H,9,20H2/t15-/m0/s1. The Balaban J connectivity index is 2.17. The fraction of sp³-hybridized carbons (Fsp3) is 0.188. The summed E-state index contributed by atoms with van der Waals surface area (Å²) in [4.78, 5) is 4.03. The second-order valence-electron chi connectivity index (χ2n) is 5.16. The van der Waals surface area contributed by atoms with Crippen LogP contribution >= 0.6 is 0 Å². The lowest BCUT2D eigenvalue weighted by Gasteiger charge is -2.35. The van der Waals surface area contributed by atoms with E-state index in [2.05, 4.69) is 4.99 Å². The smallest absolute Gasteiger partial charge is 0.399 e. The van der Waals surface area contributed by atoms with Gasteiger partial charge in [0.15, 0.2) is 0 Å². The highest BCUT2D eigenvalue weighted by Gasteiger charge is 2.56. The van der Waals surface area contributed by atoms with Crippen LogP contribution in [0.25, 0.3) is 0 Å². The Morgan fingerprint density at radius 2 is 1.76 bits per heavy atom. The molecule has 2 aromatic rings. The number of hydrogen-bond acceptors (Lipinski definition) is 2. The minimum Gasteiger partial charge on any atom is -0.399 e. The van der Waals surface area contributed by atoms with Crippen molar-refractivity contribution in [2.45, 2.75) is 18.0 Å². The fourth-order valence-electron chi connectivity index (χ4n) is 2.65. The van der Waals surface area contributed by atoms with E-state index in [4.69, 9.17) is 5.73 Å². The first-order valence-corrected chi connectivity index (χ1v) is 6.48. The maximum Gasteiger partial charge on any atom is 0.403 e. The number of hydrogen-bond donors (Lipinski definition) is 1. The molecule has 0 bridgehead atoms. The molecule has 1 heterocycles. The van der Waals surface area contributed by atoms with Crippen LogP contribution in [0.3, 0.4) is 0 Å². The number of halogens is 3. The van der Waals surface area contributed by atoms with Crippen LogP contribution in [0.15, 0.2) is 53.5 Å². The van der Waals surface area contributed by atoms with E-state index in [-0.39, 0.29) is 12.0 Å². The summed E-state index contributed by atoms with van der Waals surface area (Å²) in [6.45, 7) is 0. The number of nitrogens with two attached hydrogens (primary N) is 1. The minimum atomic E-state index is -4.43. The van der Waals surface area contributed by atoms with Gasteiger partial charge in [-0.25, -0.2) is 0 Å². The highest BCUT2D eigenvalue weighted by molar-refractivity contribution is 5.82. The highest BCUT2D eigenvalue weighted by atomic mass is 19.4. The molecule has 108 valence electrons. The van der Waals surface area contributed by atoms with Gasteiger partial charge in [-0.2, -0.15) is 13.2 Å². The normalized spacial score (nSPS) is 21.1. The van der Waals surface area contributed by atoms with Gasteiger partial charge >= 0.3 is 6.18 Å². The number of aliphatic imine (C=N–C) groups is 1. The molecule has 0 aromatic heterocycles. The molecule has 0 spiro atoms. The zero-order valence-corrected chi connectivity index (χ0v) is 11.1. The third kappa shape index (κ3) is 2.18. The average molecular weight is 290 g/mol. The van der Waals surface area contributed by atoms with Crippen molar-refractivity contribution >= 4 is 17.6 Å². The SMILES string of the molecule is Nc1ccc2c(c1)C[C@](c1ccccc1)(C(F)(F)F)C=N2. The highest BCUT2D eigenvalue weighted by Crippen LogP contribution is 2.46. The first kappa shape index (κ1) is 13.7. The average Bonchev–Trinajstić information content (AvgIpc) is 2.46. The second kappa shape index (κ2) is 4.62. The lowest BCUT2D eigenvalue weighted by molar-refractivity contribution is -0.168.